The summed E-state index contributed by atoms with van der Waals surface area (Å²) in [5, 5.41) is 0. The monoisotopic (exact) mass is 400 g/mol. The normalized spacial score (nSPS) is 18.5. The molecule has 30 heavy (non-hydrogen) atoms. The first-order valence-corrected chi connectivity index (χ1v) is 10.9. The molecule has 3 heterocycles. The van der Waals surface area contributed by atoms with Crippen molar-refractivity contribution in [3.05, 3.63) is 83.0 Å². The van der Waals surface area contributed by atoms with Gasteiger partial charge in [-0.2, -0.15) is 0 Å². The first-order chi connectivity index (χ1) is 14.8. The Bertz CT molecular complexity index is 1000. The molecular weight excluding hydrogens is 372 g/mol. The summed E-state index contributed by atoms with van der Waals surface area (Å²) < 4.78 is 12.0. The molecule has 4 nitrogen and oxygen atoms in total. The van der Waals surface area contributed by atoms with Crippen LogP contribution in [0.2, 0.25) is 0 Å². The molecule has 0 bridgehead atoms. The highest BCUT2D eigenvalue weighted by Crippen LogP contribution is 2.35. The van der Waals surface area contributed by atoms with Gasteiger partial charge >= 0.3 is 0 Å². The first kappa shape index (κ1) is 19.3. The van der Waals surface area contributed by atoms with E-state index in [0.29, 0.717) is 13.2 Å². The van der Waals surface area contributed by atoms with Crippen LogP contribution in [0.4, 0.5) is 0 Å². The van der Waals surface area contributed by atoms with Gasteiger partial charge < -0.3 is 9.47 Å². The lowest BCUT2D eigenvalue weighted by Gasteiger charge is -2.34. The van der Waals surface area contributed by atoms with E-state index in [4.69, 9.17) is 14.5 Å². The molecular formula is C26H28N2O2. The molecule has 4 heteroatoms. The summed E-state index contributed by atoms with van der Waals surface area (Å²) in [7, 11) is 0. The molecule has 2 aromatic carbocycles. The average molecular weight is 401 g/mol. The Labute approximate surface area is 178 Å². The number of rotatable bonds is 5. The number of pyridine rings is 1. The summed E-state index contributed by atoms with van der Waals surface area (Å²) in [5.74, 6) is 0.934. The van der Waals surface area contributed by atoms with E-state index in [1.807, 2.05) is 30.3 Å². The van der Waals surface area contributed by atoms with E-state index in [-0.39, 0.29) is 6.10 Å². The Morgan fingerprint density at radius 2 is 1.77 bits per heavy atom. The quantitative estimate of drug-likeness (QED) is 0.625. The minimum atomic E-state index is 0.235. The zero-order valence-electron chi connectivity index (χ0n) is 17.5. The van der Waals surface area contributed by atoms with Crippen LogP contribution in [-0.4, -0.2) is 35.7 Å². The Balaban J connectivity index is 1.38. The lowest BCUT2D eigenvalue weighted by atomic mass is 9.88. The number of ether oxygens (including phenoxy) is 2. The average Bonchev–Trinajstić information content (AvgIpc) is 2.80. The van der Waals surface area contributed by atoms with Gasteiger partial charge in [0.2, 0.25) is 0 Å². The summed E-state index contributed by atoms with van der Waals surface area (Å²) in [6.07, 6.45) is 2.14. The van der Waals surface area contributed by atoms with Gasteiger partial charge in [0.1, 0.15) is 12.4 Å². The van der Waals surface area contributed by atoms with Crippen LogP contribution < -0.4 is 4.74 Å². The molecule has 0 N–H and O–H groups in total. The number of hydrogen-bond donors (Lipinski definition) is 0. The fourth-order valence-electron chi connectivity index (χ4n) is 4.53. The fourth-order valence-corrected chi connectivity index (χ4v) is 4.53. The van der Waals surface area contributed by atoms with E-state index in [0.717, 1.165) is 43.9 Å². The third-order valence-electron chi connectivity index (χ3n) is 6.13. The molecule has 2 aliphatic heterocycles. The summed E-state index contributed by atoms with van der Waals surface area (Å²) in [6.45, 7) is 6.41. The maximum atomic E-state index is 6.06. The van der Waals surface area contributed by atoms with E-state index in [1.54, 1.807) is 0 Å². The fraction of sp³-hybridized carbons (Fsp3) is 0.346. The van der Waals surface area contributed by atoms with E-state index >= 15 is 0 Å². The second-order valence-corrected chi connectivity index (χ2v) is 8.22. The Hall–Kier alpha value is -2.69. The van der Waals surface area contributed by atoms with Crippen molar-refractivity contribution in [1.29, 1.82) is 0 Å². The number of fused-ring (bicyclic) bond motifs is 3. The lowest BCUT2D eigenvalue weighted by molar-refractivity contribution is 0.0396. The number of aromatic nitrogens is 1. The maximum absolute atomic E-state index is 6.06. The van der Waals surface area contributed by atoms with E-state index in [2.05, 4.69) is 42.2 Å². The van der Waals surface area contributed by atoms with Crippen LogP contribution in [-0.2, 0) is 30.7 Å². The lowest BCUT2D eigenvalue weighted by Crippen LogP contribution is -2.36. The van der Waals surface area contributed by atoms with E-state index in [9.17, 15) is 0 Å². The number of para-hydroxylation sites is 1. The molecule has 0 unspecified atom stereocenters. The Morgan fingerprint density at radius 3 is 2.57 bits per heavy atom. The third-order valence-corrected chi connectivity index (χ3v) is 6.13. The van der Waals surface area contributed by atoms with Crippen LogP contribution in [0.25, 0.3) is 11.3 Å². The highest BCUT2D eigenvalue weighted by atomic mass is 16.5. The van der Waals surface area contributed by atoms with Gasteiger partial charge in [0.15, 0.2) is 0 Å². The number of hydrogen-bond acceptors (Lipinski definition) is 4. The third kappa shape index (κ3) is 3.98. The van der Waals surface area contributed by atoms with Crippen molar-refractivity contribution >= 4 is 0 Å². The molecule has 0 radical (unpaired) electrons. The maximum Gasteiger partial charge on any atom is 0.119 e. The Morgan fingerprint density at radius 1 is 1.00 bits per heavy atom. The van der Waals surface area contributed by atoms with Gasteiger partial charge in [-0.25, -0.2) is 0 Å². The second-order valence-electron chi connectivity index (χ2n) is 8.22. The van der Waals surface area contributed by atoms with Crippen LogP contribution in [0.5, 0.6) is 5.75 Å². The molecule has 2 aliphatic rings. The summed E-state index contributed by atoms with van der Waals surface area (Å²) >= 11 is 0. The SMILES string of the molecule is C[C@H]1Cc2c(-c3ccccc3)nc3c(c2CO1)CN(CCOc1ccccc1)CC3. The van der Waals surface area contributed by atoms with E-state index in [1.165, 1.54) is 27.9 Å². The minimum Gasteiger partial charge on any atom is -0.492 e. The summed E-state index contributed by atoms with van der Waals surface area (Å²) in [4.78, 5) is 7.66. The van der Waals surface area contributed by atoms with Crippen LogP contribution in [0, 0.1) is 0 Å². The molecule has 0 saturated heterocycles. The molecule has 0 spiro atoms. The van der Waals surface area contributed by atoms with Crippen LogP contribution in [0.1, 0.15) is 29.3 Å². The van der Waals surface area contributed by atoms with Crippen molar-refractivity contribution in [2.75, 3.05) is 19.7 Å². The van der Waals surface area contributed by atoms with Crippen LogP contribution in [0.3, 0.4) is 0 Å². The van der Waals surface area contributed by atoms with Crippen molar-refractivity contribution < 1.29 is 9.47 Å². The zero-order chi connectivity index (χ0) is 20.3. The van der Waals surface area contributed by atoms with Gasteiger partial charge in [-0.3, -0.25) is 9.88 Å². The Kier molecular flexibility index (Phi) is 5.52. The van der Waals surface area contributed by atoms with Gasteiger partial charge in [0.25, 0.3) is 0 Å². The molecule has 0 amide bonds. The molecule has 0 saturated carbocycles. The van der Waals surface area contributed by atoms with Gasteiger partial charge in [0, 0.05) is 43.7 Å². The molecule has 1 atom stereocenters. The second kappa shape index (κ2) is 8.58. The minimum absolute atomic E-state index is 0.235. The molecule has 3 aromatic rings. The van der Waals surface area contributed by atoms with Crippen molar-refractivity contribution in [3.8, 4) is 17.0 Å². The molecule has 154 valence electrons. The van der Waals surface area contributed by atoms with Crippen molar-refractivity contribution in [2.24, 2.45) is 0 Å². The van der Waals surface area contributed by atoms with Crippen molar-refractivity contribution in [3.63, 3.8) is 0 Å². The summed E-state index contributed by atoms with van der Waals surface area (Å²) in [5.41, 5.74) is 7.73. The van der Waals surface area contributed by atoms with Gasteiger partial charge in [-0.1, -0.05) is 48.5 Å². The molecule has 0 aliphatic carbocycles. The zero-order valence-corrected chi connectivity index (χ0v) is 17.5. The van der Waals surface area contributed by atoms with Crippen molar-refractivity contribution in [2.45, 2.75) is 39.0 Å². The predicted octanol–water partition coefficient (Wildman–Crippen LogP) is 4.65. The predicted molar refractivity (Wildman–Crippen MR) is 119 cm³/mol. The standard InChI is InChI=1S/C26H28N2O2/c1-19-16-22-24(18-30-19)23-17-28(14-15-29-21-10-6-3-7-11-21)13-12-25(23)27-26(22)20-8-4-2-5-9-20/h2-11,19H,12-18H2,1H3/t19-/m0/s1. The molecule has 1 aromatic heterocycles. The largest absolute Gasteiger partial charge is 0.492 e. The van der Waals surface area contributed by atoms with E-state index < -0.39 is 0 Å². The smallest absolute Gasteiger partial charge is 0.119 e. The number of benzene rings is 2. The highest BCUT2D eigenvalue weighted by Gasteiger charge is 2.28. The first-order valence-electron chi connectivity index (χ1n) is 10.9. The van der Waals surface area contributed by atoms with Crippen LogP contribution in [0.15, 0.2) is 60.7 Å². The highest BCUT2D eigenvalue weighted by molar-refractivity contribution is 5.66. The molecule has 0 fully saturated rings. The van der Waals surface area contributed by atoms with Crippen molar-refractivity contribution in [1.82, 2.24) is 9.88 Å². The van der Waals surface area contributed by atoms with Gasteiger partial charge in [-0.05, 0) is 35.7 Å². The topological polar surface area (TPSA) is 34.6 Å². The van der Waals surface area contributed by atoms with Gasteiger partial charge in [-0.15, -0.1) is 0 Å². The van der Waals surface area contributed by atoms with Gasteiger partial charge in [0.05, 0.1) is 18.4 Å². The van der Waals surface area contributed by atoms with Crippen LogP contribution >= 0.6 is 0 Å². The summed E-state index contributed by atoms with van der Waals surface area (Å²) in [6, 6.07) is 20.7. The number of nitrogens with zero attached hydrogens (tertiary/aromatic N) is 2. The molecule has 5 rings (SSSR count).